The van der Waals surface area contributed by atoms with Crippen molar-refractivity contribution in [3.63, 3.8) is 0 Å². The zero-order chi connectivity index (χ0) is 15.8. The summed E-state index contributed by atoms with van der Waals surface area (Å²) < 4.78 is 0. The number of nitrogens with zero attached hydrogens (tertiary/aromatic N) is 2. The summed E-state index contributed by atoms with van der Waals surface area (Å²) >= 11 is 1.62. The van der Waals surface area contributed by atoms with Crippen molar-refractivity contribution in [2.75, 3.05) is 19.6 Å². The van der Waals surface area contributed by atoms with Crippen LogP contribution >= 0.6 is 11.3 Å². The number of aryl methyl sites for hydroxylation is 1. The van der Waals surface area contributed by atoms with Gasteiger partial charge in [-0.25, -0.2) is 4.98 Å². The third-order valence-corrected chi connectivity index (χ3v) is 4.54. The number of rotatable bonds is 8. The summed E-state index contributed by atoms with van der Waals surface area (Å²) in [5.74, 6) is 0.106. The minimum absolute atomic E-state index is 0.106. The van der Waals surface area contributed by atoms with E-state index in [1.807, 2.05) is 28.5 Å². The van der Waals surface area contributed by atoms with Gasteiger partial charge in [0.05, 0.1) is 17.1 Å². The molecule has 2 rings (SSSR count). The molecular weight excluding hydrogens is 294 g/mol. The summed E-state index contributed by atoms with van der Waals surface area (Å²) in [4.78, 5) is 18.8. The molecule has 1 heterocycles. The Balaban J connectivity index is 1.92. The number of aromatic nitrogens is 1. The van der Waals surface area contributed by atoms with Gasteiger partial charge in [-0.15, -0.1) is 11.3 Å². The Kier molecular flexibility index (Phi) is 6.55. The molecule has 0 radical (unpaired) electrons. The molecule has 22 heavy (non-hydrogen) atoms. The molecule has 0 unspecified atom stereocenters. The maximum absolute atomic E-state index is 12.5. The number of carbonyl (C=O) groups is 1. The van der Waals surface area contributed by atoms with E-state index < -0.39 is 0 Å². The van der Waals surface area contributed by atoms with Crippen molar-refractivity contribution in [3.8, 4) is 0 Å². The molecule has 1 aromatic heterocycles. The number of thiazole rings is 1. The van der Waals surface area contributed by atoms with E-state index in [-0.39, 0.29) is 5.91 Å². The van der Waals surface area contributed by atoms with E-state index in [9.17, 15) is 4.79 Å². The van der Waals surface area contributed by atoms with Crippen molar-refractivity contribution in [1.29, 1.82) is 0 Å². The molecule has 0 saturated heterocycles. The zero-order valence-electron chi connectivity index (χ0n) is 13.0. The van der Waals surface area contributed by atoms with Crippen LogP contribution < -0.4 is 5.73 Å². The summed E-state index contributed by atoms with van der Waals surface area (Å²) in [6.07, 6.45) is 2.13. The van der Waals surface area contributed by atoms with Crippen LogP contribution in [0.1, 0.15) is 23.2 Å². The number of amides is 1. The average Bonchev–Trinajstić information content (AvgIpc) is 3.00. The van der Waals surface area contributed by atoms with Gasteiger partial charge in [0.15, 0.2) is 0 Å². The fourth-order valence-corrected chi connectivity index (χ4v) is 3.03. The predicted molar refractivity (Wildman–Crippen MR) is 91.0 cm³/mol. The molecule has 0 bridgehead atoms. The van der Waals surface area contributed by atoms with Gasteiger partial charge in [-0.3, -0.25) is 4.79 Å². The fourth-order valence-electron chi connectivity index (χ4n) is 2.29. The molecule has 1 aromatic carbocycles. The van der Waals surface area contributed by atoms with Crippen LogP contribution in [0.5, 0.6) is 0 Å². The lowest BCUT2D eigenvalue weighted by atomic mass is 10.1. The molecule has 2 N–H and O–H groups in total. The lowest BCUT2D eigenvalue weighted by Gasteiger charge is -2.21. The lowest BCUT2D eigenvalue weighted by molar-refractivity contribution is -0.130. The highest BCUT2D eigenvalue weighted by Crippen LogP contribution is 2.12. The van der Waals surface area contributed by atoms with Crippen LogP contribution in [0.3, 0.4) is 0 Å². The number of nitrogens with two attached hydrogens (primary N) is 1. The van der Waals surface area contributed by atoms with Gasteiger partial charge >= 0.3 is 0 Å². The van der Waals surface area contributed by atoms with Crippen molar-refractivity contribution in [1.82, 2.24) is 9.88 Å². The van der Waals surface area contributed by atoms with Gasteiger partial charge in [-0.1, -0.05) is 37.3 Å². The Morgan fingerprint density at radius 1 is 1.27 bits per heavy atom. The van der Waals surface area contributed by atoms with Crippen LogP contribution in [-0.4, -0.2) is 35.4 Å². The van der Waals surface area contributed by atoms with Gasteiger partial charge < -0.3 is 10.6 Å². The van der Waals surface area contributed by atoms with Gasteiger partial charge in [0.1, 0.15) is 0 Å². The summed E-state index contributed by atoms with van der Waals surface area (Å²) in [5, 5.41) is 3.06. The molecule has 2 aromatic rings. The molecule has 0 saturated carbocycles. The van der Waals surface area contributed by atoms with Crippen molar-refractivity contribution >= 4 is 17.2 Å². The van der Waals surface area contributed by atoms with E-state index in [2.05, 4.69) is 24.0 Å². The third kappa shape index (κ3) is 4.93. The Bertz CT molecular complexity index is 583. The van der Waals surface area contributed by atoms with Crippen molar-refractivity contribution < 1.29 is 4.79 Å². The van der Waals surface area contributed by atoms with Crippen LogP contribution in [0.4, 0.5) is 0 Å². The van der Waals surface area contributed by atoms with Crippen molar-refractivity contribution in [2.45, 2.75) is 26.2 Å². The van der Waals surface area contributed by atoms with Crippen molar-refractivity contribution in [2.24, 2.45) is 5.73 Å². The molecule has 0 spiro atoms. The standard InChI is InChI=1S/C17H23N3OS/c1-2-16-19-15(13-22-16)12-17(21)20(11-9-18)10-8-14-6-4-3-5-7-14/h3-7,13H,2,8-12,18H2,1H3. The predicted octanol–water partition coefficient (Wildman–Crippen LogP) is 2.28. The fraction of sp³-hybridized carbons (Fsp3) is 0.412. The second kappa shape index (κ2) is 8.66. The average molecular weight is 317 g/mol. The van der Waals surface area contributed by atoms with Gasteiger partial charge in [0.2, 0.25) is 5.91 Å². The number of hydrogen-bond acceptors (Lipinski definition) is 4. The summed E-state index contributed by atoms with van der Waals surface area (Å²) in [5.41, 5.74) is 7.75. The molecule has 5 heteroatoms. The topological polar surface area (TPSA) is 59.2 Å². The first-order valence-corrected chi connectivity index (χ1v) is 8.56. The summed E-state index contributed by atoms with van der Waals surface area (Å²) in [6.45, 7) is 3.85. The Hall–Kier alpha value is -1.72. The van der Waals surface area contributed by atoms with E-state index >= 15 is 0 Å². The number of carbonyl (C=O) groups excluding carboxylic acids is 1. The van der Waals surface area contributed by atoms with E-state index in [0.717, 1.165) is 23.5 Å². The molecule has 0 atom stereocenters. The molecule has 1 amide bonds. The highest BCUT2D eigenvalue weighted by atomic mass is 32.1. The quantitative estimate of drug-likeness (QED) is 0.812. The van der Waals surface area contributed by atoms with Gasteiger partial charge in [-0.2, -0.15) is 0 Å². The highest BCUT2D eigenvalue weighted by Gasteiger charge is 2.15. The van der Waals surface area contributed by atoms with Gasteiger partial charge in [-0.05, 0) is 18.4 Å². The molecular formula is C17H23N3OS. The summed E-state index contributed by atoms with van der Waals surface area (Å²) in [6, 6.07) is 10.2. The first kappa shape index (κ1) is 16.6. The van der Waals surface area contributed by atoms with E-state index in [4.69, 9.17) is 5.73 Å². The van der Waals surface area contributed by atoms with Gasteiger partial charge in [0, 0.05) is 25.0 Å². The number of hydrogen-bond donors (Lipinski definition) is 1. The first-order valence-electron chi connectivity index (χ1n) is 7.68. The van der Waals surface area contributed by atoms with Crippen LogP contribution in [-0.2, 0) is 24.1 Å². The maximum Gasteiger partial charge on any atom is 0.228 e. The Labute approximate surface area is 136 Å². The van der Waals surface area contributed by atoms with Crippen LogP contribution in [0.25, 0.3) is 0 Å². The molecule has 118 valence electrons. The van der Waals surface area contributed by atoms with Crippen LogP contribution in [0, 0.1) is 0 Å². The van der Waals surface area contributed by atoms with E-state index in [1.54, 1.807) is 11.3 Å². The first-order chi connectivity index (χ1) is 10.7. The zero-order valence-corrected chi connectivity index (χ0v) is 13.8. The smallest absolute Gasteiger partial charge is 0.228 e. The lowest BCUT2D eigenvalue weighted by Crippen LogP contribution is -2.37. The Morgan fingerprint density at radius 2 is 2.05 bits per heavy atom. The summed E-state index contributed by atoms with van der Waals surface area (Å²) in [7, 11) is 0. The molecule has 0 aliphatic rings. The normalized spacial score (nSPS) is 10.6. The van der Waals surface area contributed by atoms with Crippen molar-refractivity contribution in [3.05, 3.63) is 52.0 Å². The third-order valence-electron chi connectivity index (χ3n) is 3.50. The molecule has 4 nitrogen and oxygen atoms in total. The minimum atomic E-state index is 0.106. The molecule has 0 aliphatic heterocycles. The largest absolute Gasteiger partial charge is 0.341 e. The van der Waals surface area contributed by atoms with Crippen LogP contribution in [0.15, 0.2) is 35.7 Å². The van der Waals surface area contributed by atoms with Crippen LogP contribution in [0.2, 0.25) is 0 Å². The second-order valence-corrected chi connectivity index (χ2v) is 6.11. The maximum atomic E-state index is 12.5. The second-order valence-electron chi connectivity index (χ2n) is 5.17. The molecule has 0 aliphatic carbocycles. The molecule has 0 fully saturated rings. The SMILES string of the molecule is CCc1nc(CC(=O)N(CCN)CCc2ccccc2)cs1. The number of benzene rings is 1. The van der Waals surface area contributed by atoms with E-state index in [1.165, 1.54) is 5.56 Å². The Morgan fingerprint density at radius 3 is 2.68 bits per heavy atom. The van der Waals surface area contributed by atoms with Gasteiger partial charge in [0.25, 0.3) is 0 Å². The highest BCUT2D eigenvalue weighted by molar-refractivity contribution is 7.09. The minimum Gasteiger partial charge on any atom is -0.341 e. The monoisotopic (exact) mass is 317 g/mol. The van der Waals surface area contributed by atoms with E-state index in [0.29, 0.717) is 26.1 Å².